The number of amides is 1. The fraction of sp³-hybridized carbons (Fsp3) is 0.107. The first-order valence-electron chi connectivity index (χ1n) is 11.2. The Morgan fingerprint density at radius 3 is 2.67 bits per heavy atom. The number of halogens is 1. The summed E-state index contributed by atoms with van der Waals surface area (Å²) < 4.78 is 12.2. The van der Waals surface area contributed by atoms with Gasteiger partial charge in [0.2, 0.25) is 5.89 Å². The first-order valence-corrected chi connectivity index (χ1v) is 12.4. The molecule has 1 aromatic heterocycles. The number of carbonyl (C=O) groups excluding carboxylic acids is 1. The second-order valence-electron chi connectivity index (χ2n) is 8.42. The maximum atomic E-state index is 13.2. The van der Waals surface area contributed by atoms with Gasteiger partial charge in [-0.05, 0) is 94.2 Å². The molecular weight excluding hydrogens is 538 g/mol. The van der Waals surface area contributed by atoms with Crippen LogP contribution in [-0.4, -0.2) is 23.1 Å². The molecule has 0 atom stereocenters. The van der Waals surface area contributed by atoms with Crippen LogP contribution in [0.5, 0.6) is 5.75 Å². The van der Waals surface area contributed by atoms with Crippen LogP contribution in [-0.2, 0) is 0 Å². The zero-order valence-electron chi connectivity index (χ0n) is 19.8. The average Bonchev–Trinajstić information content (AvgIpc) is 3.28. The molecule has 0 saturated carbocycles. The highest BCUT2D eigenvalue weighted by Crippen LogP contribution is 2.36. The van der Waals surface area contributed by atoms with Crippen molar-refractivity contribution in [3.8, 4) is 17.2 Å². The standard InChI is InChI=1S/C28H22BrN3O3S/c1-15-8-11-23-22(12-15)30-27(35-23)18-10-9-16(2)21(14-18)31-28(36)32-26(33)20-13-17-6-4-5-7-19(17)24(29)25(20)34-3/h4-14H,1-3H3,(H2,31,32,33,36). The van der Waals surface area contributed by atoms with Crippen molar-refractivity contribution in [2.75, 3.05) is 12.4 Å². The van der Waals surface area contributed by atoms with E-state index >= 15 is 0 Å². The summed E-state index contributed by atoms with van der Waals surface area (Å²) in [5.74, 6) is 0.580. The monoisotopic (exact) mass is 559 g/mol. The molecule has 4 aromatic carbocycles. The van der Waals surface area contributed by atoms with Crippen LogP contribution in [0.15, 0.2) is 75.6 Å². The normalized spacial score (nSPS) is 11.0. The van der Waals surface area contributed by atoms with E-state index in [1.54, 1.807) is 6.07 Å². The summed E-state index contributed by atoms with van der Waals surface area (Å²) in [5, 5.41) is 7.92. The van der Waals surface area contributed by atoms with Gasteiger partial charge < -0.3 is 14.5 Å². The average molecular weight is 560 g/mol. The van der Waals surface area contributed by atoms with Crippen LogP contribution in [0.4, 0.5) is 5.69 Å². The van der Waals surface area contributed by atoms with Gasteiger partial charge in [0.25, 0.3) is 5.91 Å². The number of carbonyl (C=O) groups is 1. The van der Waals surface area contributed by atoms with Crippen LogP contribution in [0.2, 0.25) is 0 Å². The molecule has 5 rings (SSSR count). The van der Waals surface area contributed by atoms with E-state index in [0.29, 0.717) is 21.7 Å². The first-order chi connectivity index (χ1) is 17.3. The number of nitrogens with one attached hydrogen (secondary N) is 2. The van der Waals surface area contributed by atoms with E-state index in [1.165, 1.54) is 7.11 Å². The fourth-order valence-corrected chi connectivity index (χ4v) is 4.97. The third-order valence-corrected chi connectivity index (χ3v) is 6.88. The van der Waals surface area contributed by atoms with Gasteiger partial charge in [0.05, 0.1) is 17.1 Å². The topological polar surface area (TPSA) is 76.4 Å². The summed E-state index contributed by atoms with van der Waals surface area (Å²) in [6, 6.07) is 21.2. The van der Waals surface area contributed by atoms with E-state index in [4.69, 9.17) is 21.4 Å². The molecule has 5 aromatic rings. The molecule has 0 radical (unpaired) electrons. The van der Waals surface area contributed by atoms with Crippen molar-refractivity contribution in [2.24, 2.45) is 0 Å². The van der Waals surface area contributed by atoms with Crippen LogP contribution in [0.3, 0.4) is 0 Å². The lowest BCUT2D eigenvalue weighted by Gasteiger charge is -2.15. The van der Waals surface area contributed by atoms with Crippen LogP contribution in [0.1, 0.15) is 21.5 Å². The lowest BCUT2D eigenvalue weighted by Crippen LogP contribution is -2.34. The Bertz CT molecular complexity index is 1660. The van der Waals surface area contributed by atoms with E-state index in [1.807, 2.05) is 74.5 Å². The number of hydrogen-bond donors (Lipinski definition) is 2. The lowest BCUT2D eigenvalue weighted by atomic mass is 10.1. The van der Waals surface area contributed by atoms with Gasteiger partial charge in [0.1, 0.15) is 11.3 Å². The van der Waals surface area contributed by atoms with Crippen molar-refractivity contribution in [3.05, 3.63) is 87.9 Å². The molecule has 6 nitrogen and oxygen atoms in total. The fourth-order valence-electron chi connectivity index (χ4n) is 4.03. The number of aromatic nitrogens is 1. The minimum absolute atomic E-state index is 0.166. The number of nitrogens with zero attached hydrogens (tertiary/aromatic N) is 1. The van der Waals surface area contributed by atoms with E-state index in [-0.39, 0.29) is 11.0 Å². The summed E-state index contributed by atoms with van der Waals surface area (Å²) in [7, 11) is 1.53. The number of ether oxygens (including phenoxy) is 1. The number of thiocarbonyl (C=S) groups is 1. The second kappa shape index (κ2) is 9.72. The van der Waals surface area contributed by atoms with Gasteiger partial charge in [-0.2, -0.15) is 0 Å². The third kappa shape index (κ3) is 4.57. The smallest absolute Gasteiger partial charge is 0.261 e. The lowest BCUT2D eigenvalue weighted by molar-refractivity contribution is 0.0975. The molecule has 180 valence electrons. The van der Waals surface area contributed by atoms with Gasteiger partial charge in [-0.25, -0.2) is 4.98 Å². The van der Waals surface area contributed by atoms with Crippen LogP contribution in [0.25, 0.3) is 33.3 Å². The maximum Gasteiger partial charge on any atom is 0.261 e. The van der Waals surface area contributed by atoms with Crippen molar-refractivity contribution in [1.82, 2.24) is 10.3 Å². The largest absolute Gasteiger partial charge is 0.495 e. The van der Waals surface area contributed by atoms with Crippen molar-refractivity contribution < 1.29 is 13.9 Å². The molecule has 0 aliphatic carbocycles. The number of aryl methyl sites for hydroxylation is 2. The Labute approximate surface area is 221 Å². The third-order valence-electron chi connectivity index (χ3n) is 5.89. The van der Waals surface area contributed by atoms with Gasteiger partial charge in [-0.3, -0.25) is 10.1 Å². The molecule has 0 fully saturated rings. The van der Waals surface area contributed by atoms with Gasteiger partial charge in [0.15, 0.2) is 10.7 Å². The highest BCUT2D eigenvalue weighted by molar-refractivity contribution is 9.10. The Kier molecular flexibility index (Phi) is 6.47. The minimum Gasteiger partial charge on any atom is -0.495 e. The Morgan fingerprint density at radius 2 is 1.86 bits per heavy atom. The van der Waals surface area contributed by atoms with Crippen LogP contribution < -0.4 is 15.4 Å². The SMILES string of the molecule is COc1c(C(=O)NC(=S)Nc2cc(-c3nc4cc(C)ccc4o3)ccc2C)cc2ccccc2c1Br. The van der Waals surface area contributed by atoms with Crippen LogP contribution >= 0.6 is 28.1 Å². The number of hydrogen-bond acceptors (Lipinski definition) is 5. The zero-order valence-corrected chi connectivity index (χ0v) is 22.2. The first kappa shape index (κ1) is 24.0. The molecule has 2 N–H and O–H groups in total. The molecule has 1 heterocycles. The van der Waals surface area contributed by atoms with E-state index < -0.39 is 0 Å². The number of benzene rings is 4. The molecule has 0 aliphatic rings. The zero-order chi connectivity index (χ0) is 25.4. The van der Waals surface area contributed by atoms with Crippen molar-refractivity contribution >= 4 is 66.7 Å². The highest BCUT2D eigenvalue weighted by atomic mass is 79.9. The molecule has 1 amide bonds. The quantitative estimate of drug-likeness (QED) is 0.227. The molecule has 8 heteroatoms. The Morgan fingerprint density at radius 1 is 1.06 bits per heavy atom. The summed E-state index contributed by atoms with van der Waals surface area (Å²) in [6.45, 7) is 3.97. The van der Waals surface area contributed by atoms with Gasteiger partial charge in [-0.15, -0.1) is 0 Å². The summed E-state index contributed by atoms with van der Waals surface area (Å²) in [4.78, 5) is 17.8. The molecular formula is C28H22BrN3O3S. The number of rotatable bonds is 4. The Balaban J connectivity index is 1.39. The minimum atomic E-state index is -0.376. The molecule has 36 heavy (non-hydrogen) atoms. The predicted octanol–water partition coefficient (Wildman–Crippen LogP) is 7.16. The molecule has 0 spiro atoms. The Hall–Kier alpha value is -3.75. The second-order valence-corrected chi connectivity index (χ2v) is 9.62. The summed E-state index contributed by atoms with van der Waals surface area (Å²) >= 11 is 9.04. The summed E-state index contributed by atoms with van der Waals surface area (Å²) in [5.41, 5.74) is 5.51. The maximum absolute atomic E-state index is 13.2. The van der Waals surface area contributed by atoms with Gasteiger partial charge in [-0.1, -0.05) is 36.4 Å². The number of oxazole rings is 1. The number of anilines is 1. The number of fused-ring (bicyclic) bond motifs is 2. The molecule has 0 aliphatic heterocycles. The molecule has 0 bridgehead atoms. The van der Waals surface area contributed by atoms with Crippen molar-refractivity contribution in [1.29, 1.82) is 0 Å². The number of methoxy groups -OCH3 is 1. The van der Waals surface area contributed by atoms with Crippen molar-refractivity contribution in [2.45, 2.75) is 13.8 Å². The molecule has 0 unspecified atom stereocenters. The van der Waals surface area contributed by atoms with Gasteiger partial charge in [0, 0.05) is 11.3 Å². The highest BCUT2D eigenvalue weighted by Gasteiger charge is 2.19. The van der Waals surface area contributed by atoms with Crippen molar-refractivity contribution in [3.63, 3.8) is 0 Å². The van der Waals surface area contributed by atoms with Gasteiger partial charge >= 0.3 is 0 Å². The van der Waals surface area contributed by atoms with E-state index in [2.05, 4.69) is 31.5 Å². The van der Waals surface area contributed by atoms with E-state index in [0.717, 1.165) is 44.2 Å². The van der Waals surface area contributed by atoms with E-state index in [9.17, 15) is 4.79 Å². The molecule has 0 saturated heterocycles. The van der Waals surface area contributed by atoms with Crippen LogP contribution in [0, 0.1) is 13.8 Å². The predicted molar refractivity (Wildman–Crippen MR) is 151 cm³/mol. The summed E-state index contributed by atoms with van der Waals surface area (Å²) in [6.07, 6.45) is 0.